The van der Waals surface area contributed by atoms with E-state index in [1.54, 1.807) is 29.2 Å². The molecule has 1 heterocycles. The van der Waals surface area contributed by atoms with Crippen LogP contribution in [0.2, 0.25) is 0 Å². The molecule has 0 spiro atoms. The lowest BCUT2D eigenvalue weighted by Gasteiger charge is -2.32. The summed E-state index contributed by atoms with van der Waals surface area (Å²) in [5.74, 6) is -0.965. The highest BCUT2D eigenvalue weighted by atomic mass is 19.1. The zero-order valence-corrected chi connectivity index (χ0v) is 15.2. The molecule has 1 aliphatic heterocycles. The van der Waals surface area contributed by atoms with E-state index in [0.717, 1.165) is 5.56 Å². The fourth-order valence-electron chi connectivity index (χ4n) is 3.14. The summed E-state index contributed by atoms with van der Waals surface area (Å²) in [5, 5.41) is 5.47. The lowest BCUT2D eigenvalue weighted by molar-refractivity contribution is -0.121. The van der Waals surface area contributed by atoms with E-state index < -0.39 is 11.8 Å². The summed E-state index contributed by atoms with van der Waals surface area (Å²) in [6.07, 6.45) is 1.40. The molecule has 1 atom stereocenters. The predicted molar refractivity (Wildman–Crippen MR) is 104 cm³/mol. The van der Waals surface area contributed by atoms with Crippen molar-refractivity contribution in [2.75, 3.05) is 29.5 Å². The Balaban J connectivity index is 1.63. The van der Waals surface area contributed by atoms with Crippen LogP contribution in [0.15, 0.2) is 42.5 Å². The summed E-state index contributed by atoms with van der Waals surface area (Å²) < 4.78 is 13.7. The number of amides is 3. The molecular formula is C20H23FN4O2. The summed E-state index contributed by atoms with van der Waals surface area (Å²) in [6, 6.07) is 10.9. The van der Waals surface area contributed by atoms with E-state index in [1.165, 1.54) is 12.1 Å². The number of hydrogen-bond donors (Lipinski definition) is 3. The highest BCUT2D eigenvalue weighted by Gasteiger charge is 2.29. The number of carbonyl (C=O) groups excluding carboxylic acids is 2. The number of hydrogen-bond acceptors (Lipinski definition) is 3. The average molecular weight is 370 g/mol. The number of carbonyl (C=O) groups is 2. The number of halogens is 1. The highest BCUT2D eigenvalue weighted by molar-refractivity contribution is 5.95. The molecule has 2 aromatic rings. The van der Waals surface area contributed by atoms with Gasteiger partial charge in [0.25, 0.3) is 0 Å². The number of likely N-dealkylation sites (tertiary alicyclic amines) is 1. The van der Waals surface area contributed by atoms with E-state index in [2.05, 4.69) is 10.6 Å². The van der Waals surface area contributed by atoms with Crippen molar-refractivity contribution in [1.82, 2.24) is 4.90 Å². The van der Waals surface area contributed by atoms with E-state index in [1.807, 2.05) is 13.0 Å². The molecular weight excluding hydrogens is 347 g/mol. The molecule has 142 valence electrons. The molecule has 7 heteroatoms. The van der Waals surface area contributed by atoms with Gasteiger partial charge in [-0.3, -0.25) is 4.79 Å². The second-order valence-corrected chi connectivity index (χ2v) is 6.76. The third-order valence-electron chi connectivity index (χ3n) is 4.71. The fraction of sp³-hybridized carbons (Fsp3) is 0.300. The maximum absolute atomic E-state index is 13.7. The van der Waals surface area contributed by atoms with Crippen molar-refractivity contribution >= 4 is 29.0 Å². The predicted octanol–water partition coefficient (Wildman–Crippen LogP) is 3.60. The molecule has 0 aromatic heterocycles. The molecule has 3 amide bonds. The van der Waals surface area contributed by atoms with Crippen LogP contribution < -0.4 is 16.4 Å². The third kappa shape index (κ3) is 4.55. The maximum atomic E-state index is 13.7. The lowest BCUT2D eigenvalue weighted by Crippen LogP contribution is -2.45. The second-order valence-electron chi connectivity index (χ2n) is 6.76. The van der Waals surface area contributed by atoms with Crippen LogP contribution in [-0.2, 0) is 4.79 Å². The van der Waals surface area contributed by atoms with Crippen molar-refractivity contribution in [1.29, 1.82) is 0 Å². The van der Waals surface area contributed by atoms with Crippen LogP contribution in [0.5, 0.6) is 0 Å². The third-order valence-corrected chi connectivity index (χ3v) is 4.71. The maximum Gasteiger partial charge on any atom is 0.321 e. The van der Waals surface area contributed by atoms with Gasteiger partial charge in [-0.15, -0.1) is 0 Å². The van der Waals surface area contributed by atoms with Gasteiger partial charge < -0.3 is 21.3 Å². The lowest BCUT2D eigenvalue weighted by atomic mass is 9.97. The number of anilines is 3. The van der Waals surface area contributed by atoms with Gasteiger partial charge in [0, 0.05) is 24.5 Å². The first-order valence-electron chi connectivity index (χ1n) is 8.91. The van der Waals surface area contributed by atoms with Crippen LogP contribution >= 0.6 is 0 Å². The minimum atomic E-state index is -0.491. The summed E-state index contributed by atoms with van der Waals surface area (Å²) in [6.45, 7) is 2.71. The number of aryl methyl sites for hydroxylation is 1. The number of benzene rings is 2. The molecule has 0 bridgehead atoms. The van der Waals surface area contributed by atoms with E-state index >= 15 is 0 Å². The van der Waals surface area contributed by atoms with Crippen LogP contribution in [0.4, 0.5) is 26.2 Å². The Morgan fingerprint density at radius 2 is 1.93 bits per heavy atom. The summed E-state index contributed by atoms with van der Waals surface area (Å²) in [4.78, 5) is 26.6. The van der Waals surface area contributed by atoms with Gasteiger partial charge in [-0.2, -0.15) is 0 Å². The van der Waals surface area contributed by atoms with Crippen molar-refractivity contribution in [2.24, 2.45) is 5.92 Å². The normalized spacial score (nSPS) is 16.7. The van der Waals surface area contributed by atoms with Gasteiger partial charge in [-0.25, -0.2) is 9.18 Å². The number of nitrogen functional groups attached to an aromatic ring is 1. The molecule has 0 saturated carbocycles. The second kappa shape index (κ2) is 8.07. The van der Waals surface area contributed by atoms with Crippen LogP contribution in [0.25, 0.3) is 0 Å². The van der Waals surface area contributed by atoms with Gasteiger partial charge in [-0.1, -0.05) is 18.2 Å². The molecule has 4 N–H and O–H groups in total. The number of nitrogens with two attached hydrogens (primary N) is 1. The monoisotopic (exact) mass is 370 g/mol. The van der Waals surface area contributed by atoms with Gasteiger partial charge in [-0.05, 0) is 49.6 Å². The molecule has 1 unspecified atom stereocenters. The first-order chi connectivity index (χ1) is 12.9. The molecule has 27 heavy (non-hydrogen) atoms. The number of rotatable bonds is 3. The van der Waals surface area contributed by atoms with E-state index in [0.29, 0.717) is 30.8 Å². The molecule has 1 fully saturated rings. The van der Waals surface area contributed by atoms with Crippen molar-refractivity contribution < 1.29 is 14.0 Å². The van der Waals surface area contributed by atoms with Gasteiger partial charge in [0.05, 0.1) is 11.6 Å². The number of urea groups is 1. The van der Waals surface area contributed by atoms with Crippen molar-refractivity contribution in [3.05, 3.63) is 53.8 Å². The Morgan fingerprint density at radius 3 is 2.70 bits per heavy atom. The van der Waals surface area contributed by atoms with E-state index in [4.69, 9.17) is 5.73 Å². The van der Waals surface area contributed by atoms with Gasteiger partial charge in [0.15, 0.2) is 0 Å². The van der Waals surface area contributed by atoms with Crippen LogP contribution in [0.1, 0.15) is 18.4 Å². The van der Waals surface area contributed by atoms with Crippen molar-refractivity contribution in [3.63, 3.8) is 0 Å². The van der Waals surface area contributed by atoms with Crippen LogP contribution in [-0.4, -0.2) is 29.9 Å². The van der Waals surface area contributed by atoms with Gasteiger partial charge >= 0.3 is 6.03 Å². The molecule has 3 rings (SSSR count). The number of para-hydroxylation sites is 1. The molecule has 6 nitrogen and oxygen atoms in total. The largest absolute Gasteiger partial charge is 0.399 e. The first-order valence-corrected chi connectivity index (χ1v) is 8.91. The topological polar surface area (TPSA) is 87.5 Å². The molecule has 0 radical (unpaired) electrons. The first kappa shape index (κ1) is 18.7. The van der Waals surface area contributed by atoms with Crippen LogP contribution in [0.3, 0.4) is 0 Å². The summed E-state index contributed by atoms with van der Waals surface area (Å²) in [7, 11) is 0. The quantitative estimate of drug-likeness (QED) is 0.722. The molecule has 1 saturated heterocycles. The van der Waals surface area contributed by atoms with Gasteiger partial charge in [0.2, 0.25) is 5.91 Å². The number of piperidine rings is 1. The van der Waals surface area contributed by atoms with E-state index in [9.17, 15) is 14.0 Å². The average Bonchev–Trinajstić information content (AvgIpc) is 2.66. The summed E-state index contributed by atoms with van der Waals surface area (Å²) >= 11 is 0. The fourth-order valence-corrected chi connectivity index (χ4v) is 3.14. The standard InChI is InChI=1S/C20H23FN4O2/c1-13-8-9-15(22)11-18(13)23-19(26)14-5-4-10-25(12-14)20(27)24-17-7-3-2-6-16(17)21/h2-3,6-9,11,14H,4-5,10,12,22H2,1H3,(H,23,26)(H,24,27). The van der Waals surface area contributed by atoms with Crippen molar-refractivity contribution in [3.8, 4) is 0 Å². The minimum absolute atomic E-state index is 0.129. The SMILES string of the molecule is Cc1ccc(N)cc1NC(=O)C1CCCN(C(=O)Nc2ccccc2F)C1. The zero-order valence-electron chi connectivity index (χ0n) is 15.2. The Labute approximate surface area is 157 Å². The Morgan fingerprint density at radius 1 is 1.15 bits per heavy atom. The van der Waals surface area contributed by atoms with Gasteiger partial charge in [0.1, 0.15) is 5.82 Å². The number of nitrogens with one attached hydrogen (secondary N) is 2. The Bertz CT molecular complexity index is 856. The Kier molecular flexibility index (Phi) is 5.59. The Hall–Kier alpha value is -3.09. The smallest absolute Gasteiger partial charge is 0.321 e. The highest BCUT2D eigenvalue weighted by Crippen LogP contribution is 2.23. The molecule has 1 aliphatic rings. The van der Waals surface area contributed by atoms with Crippen molar-refractivity contribution in [2.45, 2.75) is 19.8 Å². The van der Waals surface area contributed by atoms with E-state index in [-0.39, 0.29) is 24.1 Å². The molecule has 2 aromatic carbocycles. The molecule has 0 aliphatic carbocycles. The van der Waals surface area contributed by atoms with Crippen LogP contribution in [0, 0.1) is 18.7 Å². The minimum Gasteiger partial charge on any atom is -0.399 e. The number of nitrogens with zero attached hydrogens (tertiary/aromatic N) is 1. The zero-order chi connectivity index (χ0) is 19.4. The summed E-state index contributed by atoms with van der Waals surface area (Å²) in [5.41, 5.74) is 8.08.